The molecule has 1 fully saturated rings. The zero-order valence-electron chi connectivity index (χ0n) is 10.3. The van der Waals surface area contributed by atoms with Gasteiger partial charge in [-0.3, -0.25) is 0 Å². The molecule has 2 heterocycles. The highest BCUT2D eigenvalue weighted by Crippen LogP contribution is 2.29. The molecule has 2 rings (SSSR count). The number of hydrogen-bond donors (Lipinski definition) is 1. The summed E-state index contributed by atoms with van der Waals surface area (Å²) >= 11 is 0. The minimum absolute atomic E-state index is 0.0416. The molecule has 0 radical (unpaired) electrons. The zero-order valence-corrected chi connectivity index (χ0v) is 10.3. The average molecular weight is 236 g/mol. The first-order chi connectivity index (χ1) is 8.29. The molecule has 0 spiro atoms. The van der Waals surface area contributed by atoms with E-state index in [1.54, 1.807) is 19.5 Å². The average Bonchev–Trinajstić information content (AvgIpc) is 2.41. The van der Waals surface area contributed by atoms with Crippen molar-refractivity contribution in [2.24, 2.45) is 5.73 Å². The van der Waals surface area contributed by atoms with Gasteiger partial charge in [-0.15, -0.1) is 0 Å². The van der Waals surface area contributed by atoms with Gasteiger partial charge in [-0.1, -0.05) is 0 Å². The van der Waals surface area contributed by atoms with Gasteiger partial charge in [0.25, 0.3) is 0 Å². The molecule has 1 aliphatic rings. The monoisotopic (exact) mass is 236 g/mol. The lowest BCUT2D eigenvalue weighted by atomic mass is 9.88. The SMILES string of the molecule is COC1(CCN)CCN(c2ncccn2)CC1. The van der Waals surface area contributed by atoms with Crippen LogP contribution in [0.2, 0.25) is 0 Å². The van der Waals surface area contributed by atoms with Crippen molar-refractivity contribution < 1.29 is 4.74 Å². The molecule has 1 aromatic heterocycles. The summed E-state index contributed by atoms with van der Waals surface area (Å²) in [6.45, 7) is 2.53. The maximum absolute atomic E-state index is 5.66. The topological polar surface area (TPSA) is 64.3 Å². The summed E-state index contributed by atoms with van der Waals surface area (Å²) in [6.07, 6.45) is 6.45. The normalized spacial score (nSPS) is 19.3. The maximum Gasteiger partial charge on any atom is 0.225 e. The molecule has 1 aromatic rings. The van der Waals surface area contributed by atoms with Crippen molar-refractivity contribution >= 4 is 5.95 Å². The molecule has 1 saturated heterocycles. The van der Waals surface area contributed by atoms with Crippen LogP contribution >= 0.6 is 0 Å². The van der Waals surface area contributed by atoms with E-state index in [9.17, 15) is 0 Å². The highest BCUT2D eigenvalue weighted by Gasteiger charge is 2.34. The van der Waals surface area contributed by atoms with E-state index < -0.39 is 0 Å². The second kappa shape index (κ2) is 5.42. The molecule has 94 valence electrons. The third-order valence-corrected chi connectivity index (χ3v) is 3.54. The molecule has 5 nitrogen and oxygen atoms in total. The Balaban J connectivity index is 1.98. The number of ether oxygens (including phenoxy) is 1. The molecule has 2 N–H and O–H groups in total. The second-order valence-corrected chi connectivity index (χ2v) is 4.46. The van der Waals surface area contributed by atoms with Crippen LogP contribution in [0, 0.1) is 0 Å². The maximum atomic E-state index is 5.66. The van der Waals surface area contributed by atoms with E-state index in [1.807, 2.05) is 6.07 Å². The number of anilines is 1. The Morgan fingerprint density at radius 2 is 2.00 bits per heavy atom. The van der Waals surface area contributed by atoms with Crippen LogP contribution in [0.3, 0.4) is 0 Å². The van der Waals surface area contributed by atoms with Crippen LogP contribution in [0.4, 0.5) is 5.95 Å². The van der Waals surface area contributed by atoms with E-state index in [4.69, 9.17) is 10.5 Å². The Morgan fingerprint density at radius 1 is 1.35 bits per heavy atom. The van der Waals surface area contributed by atoms with E-state index in [2.05, 4.69) is 14.9 Å². The van der Waals surface area contributed by atoms with Crippen LogP contribution < -0.4 is 10.6 Å². The summed E-state index contributed by atoms with van der Waals surface area (Å²) < 4.78 is 5.66. The lowest BCUT2D eigenvalue weighted by molar-refractivity contribution is -0.0341. The van der Waals surface area contributed by atoms with E-state index in [0.717, 1.165) is 38.3 Å². The molecule has 0 amide bonds. The fraction of sp³-hybridized carbons (Fsp3) is 0.667. The van der Waals surface area contributed by atoms with Gasteiger partial charge in [0.2, 0.25) is 5.95 Å². The van der Waals surface area contributed by atoms with Crippen molar-refractivity contribution in [2.45, 2.75) is 24.9 Å². The molecule has 17 heavy (non-hydrogen) atoms. The summed E-state index contributed by atoms with van der Waals surface area (Å²) in [4.78, 5) is 10.7. The fourth-order valence-electron chi connectivity index (χ4n) is 2.39. The van der Waals surface area contributed by atoms with Crippen LogP contribution in [-0.4, -0.2) is 42.3 Å². The van der Waals surface area contributed by atoms with Crippen molar-refractivity contribution in [3.05, 3.63) is 18.5 Å². The molecule has 1 aliphatic heterocycles. The first-order valence-electron chi connectivity index (χ1n) is 6.07. The molecule has 0 bridgehead atoms. The lowest BCUT2D eigenvalue weighted by Gasteiger charge is -2.40. The molecule has 0 atom stereocenters. The number of aromatic nitrogens is 2. The minimum Gasteiger partial charge on any atom is -0.378 e. The van der Waals surface area contributed by atoms with Gasteiger partial charge < -0.3 is 15.4 Å². The molecular formula is C12H20N4O. The van der Waals surface area contributed by atoms with Gasteiger partial charge in [0.1, 0.15) is 0 Å². The summed E-state index contributed by atoms with van der Waals surface area (Å²) in [5.74, 6) is 0.810. The van der Waals surface area contributed by atoms with Gasteiger partial charge in [0.05, 0.1) is 5.60 Å². The zero-order chi connectivity index (χ0) is 12.1. The smallest absolute Gasteiger partial charge is 0.225 e. The van der Waals surface area contributed by atoms with Crippen LogP contribution in [0.25, 0.3) is 0 Å². The van der Waals surface area contributed by atoms with Crippen molar-refractivity contribution in [1.29, 1.82) is 0 Å². The summed E-state index contributed by atoms with van der Waals surface area (Å²) in [6, 6.07) is 1.83. The lowest BCUT2D eigenvalue weighted by Crippen LogP contribution is -2.47. The van der Waals surface area contributed by atoms with E-state index in [-0.39, 0.29) is 5.60 Å². The summed E-state index contributed by atoms with van der Waals surface area (Å²) in [5, 5.41) is 0. The first-order valence-corrected chi connectivity index (χ1v) is 6.07. The first kappa shape index (κ1) is 12.3. The predicted octanol–water partition coefficient (Wildman–Crippen LogP) is 0.811. The van der Waals surface area contributed by atoms with Gasteiger partial charge in [-0.05, 0) is 31.9 Å². The predicted molar refractivity (Wildman–Crippen MR) is 66.9 cm³/mol. The third kappa shape index (κ3) is 2.73. The quantitative estimate of drug-likeness (QED) is 0.838. The van der Waals surface area contributed by atoms with Gasteiger partial charge in [0.15, 0.2) is 0 Å². The Hall–Kier alpha value is -1.20. The van der Waals surface area contributed by atoms with Crippen molar-refractivity contribution in [3.63, 3.8) is 0 Å². The van der Waals surface area contributed by atoms with Crippen molar-refractivity contribution in [2.75, 3.05) is 31.6 Å². The third-order valence-electron chi connectivity index (χ3n) is 3.54. The number of nitrogens with zero attached hydrogens (tertiary/aromatic N) is 3. The Kier molecular flexibility index (Phi) is 3.91. The van der Waals surface area contributed by atoms with Gasteiger partial charge >= 0.3 is 0 Å². The Morgan fingerprint density at radius 3 is 2.53 bits per heavy atom. The number of nitrogens with two attached hydrogens (primary N) is 1. The van der Waals surface area contributed by atoms with Crippen molar-refractivity contribution in [1.82, 2.24) is 9.97 Å². The Bertz CT molecular complexity index is 336. The second-order valence-electron chi connectivity index (χ2n) is 4.46. The highest BCUT2D eigenvalue weighted by molar-refractivity contribution is 5.29. The standard InChI is InChI=1S/C12H20N4O/c1-17-12(3-6-13)4-9-16(10-5-12)11-14-7-2-8-15-11/h2,7-8H,3-6,9-10,13H2,1H3. The molecule has 0 aliphatic carbocycles. The van der Waals surface area contributed by atoms with Gasteiger partial charge in [0, 0.05) is 32.6 Å². The van der Waals surface area contributed by atoms with Crippen LogP contribution in [0.1, 0.15) is 19.3 Å². The van der Waals surface area contributed by atoms with E-state index >= 15 is 0 Å². The summed E-state index contributed by atoms with van der Waals surface area (Å²) in [7, 11) is 1.78. The summed E-state index contributed by atoms with van der Waals surface area (Å²) in [5.41, 5.74) is 5.61. The molecule has 5 heteroatoms. The number of hydrogen-bond acceptors (Lipinski definition) is 5. The highest BCUT2D eigenvalue weighted by atomic mass is 16.5. The molecule has 0 saturated carbocycles. The largest absolute Gasteiger partial charge is 0.378 e. The molecule has 0 unspecified atom stereocenters. The molecule has 0 aromatic carbocycles. The number of methoxy groups -OCH3 is 1. The molecular weight excluding hydrogens is 216 g/mol. The van der Waals surface area contributed by atoms with Gasteiger partial charge in [-0.2, -0.15) is 0 Å². The van der Waals surface area contributed by atoms with Crippen LogP contribution in [0.15, 0.2) is 18.5 Å². The van der Waals surface area contributed by atoms with Gasteiger partial charge in [-0.25, -0.2) is 9.97 Å². The van der Waals surface area contributed by atoms with Crippen molar-refractivity contribution in [3.8, 4) is 0 Å². The number of piperidine rings is 1. The van der Waals surface area contributed by atoms with E-state index in [0.29, 0.717) is 6.54 Å². The van der Waals surface area contributed by atoms with Crippen LogP contribution in [0.5, 0.6) is 0 Å². The minimum atomic E-state index is -0.0416. The van der Waals surface area contributed by atoms with Crippen LogP contribution in [-0.2, 0) is 4.74 Å². The van der Waals surface area contributed by atoms with E-state index in [1.165, 1.54) is 0 Å². The fourth-order valence-corrected chi connectivity index (χ4v) is 2.39. The number of rotatable bonds is 4. The Labute approximate surface area is 102 Å².